The second-order valence-electron chi connectivity index (χ2n) is 3.81. The van der Waals surface area contributed by atoms with Gasteiger partial charge >= 0.3 is 6.18 Å². The van der Waals surface area contributed by atoms with Gasteiger partial charge in [-0.1, -0.05) is 6.07 Å². The lowest BCUT2D eigenvalue weighted by Crippen LogP contribution is -2.04. The lowest BCUT2D eigenvalue weighted by atomic mass is 10.1. The fourth-order valence-electron chi connectivity index (χ4n) is 1.75. The number of hydrogen-bond acceptors (Lipinski definition) is 1. The molecular weight excluding hydrogens is 215 g/mol. The summed E-state index contributed by atoms with van der Waals surface area (Å²) >= 11 is 0. The highest BCUT2D eigenvalue weighted by Crippen LogP contribution is 2.31. The number of pyridine rings is 1. The molecule has 0 fully saturated rings. The zero-order valence-corrected chi connectivity index (χ0v) is 8.89. The Balaban J connectivity index is 2.71. The van der Waals surface area contributed by atoms with Crippen LogP contribution in [0.15, 0.2) is 24.3 Å². The molecular formula is C12H10F3N. The minimum absolute atomic E-state index is 0.396. The molecule has 1 aromatic carbocycles. The maximum atomic E-state index is 12.5. The number of halogens is 3. The van der Waals surface area contributed by atoms with Crippen molar-refractivity contribution in [2.45, 2.75) is 20.0 Å². The van der Waals surface area contributed by atoms with Crippen LogP contribution in [0, 0.1) is 13.8 Å². The molecule has 16 heavy (non-hydrogen) atoms. The number of hydrogen-bond donors (Lipinski definition) is 0. The molecule has 0 aliphatic carbocycles. The zero-order valence-electron chi connectivity index (χ0n) is 8.89. The molecule has 4 heteroatoms. The van der Waals surface area contributed by atoms with Crippen molar-refractivity contribution in [1.29, 1.82) is 0 Å². The number of aryl methyl sites for hydroxylation is 2. The van der Waals surface area contributed by atoms with Crippen LogP contribution in [-0.2, 0) is 6.18 Å². The van der Waals surface area contributed by atoms with Crippen LogP contribution < -0.4 is 0 Å². The van der Waals surface area contributed by atoms with Crippen molar-refractivity contribution in [3.05, 3.63) is 41.1 Å². The predicted octanol–water partition coefficient (Wildman–Crippen LogP) is 3.87. The third-order valence-electron chi connectivity index (χ3n) is 2.47. The van der Waals surface area contributed by atoms with Gasteiger partial charge in [-0.3, -0.25) is 4.98 Å². The number of rotatable bonds is 0. The Bertz CT molecular complexity index is 544. The summed E-state index contributed by atoms with van der Waals surface area (Å²) < 4.78 is 37.5. The molecule has 2 rings (SSSR count). The summed E-state index contributed by atoms with van der Waals surface area (Å²) in [6.45, 7) is 3.64. The van der Waals surface area contributed by atoms with Crippen molar-refractivity contribution in [2.75, 3.05) is 0 Å². The minimum atomic E-state index is -4.31. The molecule has 0 spiro atoms. The van der Waals surface area contributed by atoms with Gasteiger partial charge in [0.15, 0.2) is 0 Å². The largest absolute Gasteiger partial charge is 0.416 e. The summed E-state index contributed by atoms with van der Waals surface area (Å²) in [6.07, 6.45) is -4.31. The van der Waals surface area contributed by atoms with E-state index in [4.69, 9.17) is 0 Å². The fourth-order valence-corrected chi connectivity index (χ4v) is 1.75. The lowest BCUT2D eigenvalue weighted by molar-refractivity contribution is -0.137. The van der Waals surface area contributed by atoms with Gasteiger partial charge in [-0.15, -0.1) is 0 Å². The second kappa shape index (κ2) is 3.47. The lowest BCUT2D eigenvalue weighted by Gasteiger charge is -2.09. The van der Waals surface area contributed by atoms with E-state index >= 15 is 0 Å². The highest BCUT2D eigenvalue weighted by molar-refractivity contribution is 5.82. The Morgan fingerprint density at radius 1 is 1.06 bits per heavy atom. The molecule has 84 valence electrons. The third-order valence-corrected chi connectivity index (χ3v) is 2.47. The van der Waals surface area contributed by atoms with E-state index < -0.39 is 11.7 Å². The number of alkyl halides is 3. The smallest absolute Gasteiger partial charge is 0.253 e. The van der Waals surface area contributed by atoms with Crippen LogP contribution in [0.25, 0.3) is 10.9 Å². The van der Waals surface area contributed by atoms with E-state index in [2.05, 4.69) is 4.98 Å². The van der Waals surface area contributed by atoms with Crippen molar-refractivity contribution in [2.24, 2.45) is 0 Å². The maximum Gasteiger partial charge on any atom is 0.416 e. The molecule has 0 N–H and O–H groups in total. The van der Waals surface area contributed by atoms with E-state index in [1.54, 1.807) is 6.92 Å². The first kappa shape index (κ1) is 10.9. The van der Waals surface area contributed by atoms with Gasteiger partial charge < -0.3 is 0 Å². The topological polar surface area (TPSA) is 12.9 Å². The number of benzene rings is 1. The maximum absolute atomic E-state index is 12.5. The predicted molar refractivity (Wildman–Crippen MR) is 56.2 cm³/mol. The molecule has 0 unspecified atom stereocenters. The van der Waals surface area contributed by atoms with Crippen LogP contribution in [-0.4, -0.2) is 4.98 Å². The molecule has 0 atom stereocenters. The monoisotopic (exact) mass is 225 g/mol. The summed E-state index contributed by atoms with van der Waals surface area (Å²) in [5.41, 5.74) is 1.41. The fraction of sp³-hybridized carbons (Fsp3) is 0.250. The molecule has 1 nitrogen and oxygen atoms in total. The van der Waals surface area contributed by atoms with Crippen LogP contribution in [0.5, 0.6) is 0 Å². The summed E-state index contributed by atoms with van der Waals surface area (Å²) in [5.74, 6) is 0. The standard InChI is InChI=1S/C12H10F3N/c1-7-5-8(2)16-11-6-9(12(13,14)15)3-4-10(7)11/h3-6H,1-2H3. The third kappa shape index (κ3) is 1.87. The molecule has 1 aromatic heterocycles. The SMILES string of the molecule is Cc1cc(C)c2ccc(C(F)(F)F)cc2n1. The molecule has 0 radical (unpaired) electrons. The number of aromatic nitrogens is 1. The van der Waals surface area contributed by atoms with E-state index in [9.17, 15) is 13.2 Å². The molecule has 1 heterocycles. The molecule has 0 amide bonds. The first-order valence-electron chi connectivity index (χ1n) is 4.83. The van der Waals surface area contributed by atoms with Gasteiger partial charge in [-0.2, -0.15) is 13.2 Å². The van der Waals surface area contributed by atoms with Gasteiger partial charge in [0.25, 0.3) is 0 Å². The first-order chi connectivity index (χ1) is 7.38. The Hall–Kier alpha value is -1.58. The summed E-state index contributed by atoms with van der Waals surface area (Å²) in [4.78, 5) is 4.11. The van der Waals surface area contributed by atoms with Gasteiger partial charge in [-0.25, -0.2) is 0 Å². The first-order valence-corrected chi connectivity index (χ1v) is 4.83. The zero-order chi connectivity index (χ0) is 11.9. The Morgan fingerprint density at radius 3 is 2.38 bits per heavy atom. The molecule has 2 aromatic rings. The van der Waals surface area contributed by atoms with Crippen LogP contribution in [0.4, 0.5) is 13.2 Å². The van der Waals surface area contributed by atoms with Gasteiger partial charge in [0.1, 0.15) is 0 Å². The van der Waals surface area contributed by atoms with E-state index in [-0.39, 0.29) is 0 Å². The number of nitrogens with zero attached hydrogens (tertiary/aromatic N) is 1. The summed E-state index contributed by atoms with van der Waals surface area (Å²) in [7, 11) is 0. The average molecular weight is 225 g/mol. The highest BCUT2D eigenvalue weighted by atomic mass is 19.4. The Kier molecular flexibility index (Phi) is 2.37. The van der Waals surface area contributed by atoms with E-state index in [0.29, 0.717) is 5.52 Å². The van der Waals surface area contributed by atoms with Crippen LogP contribution in [0.3, 0.4) is 0 Å². The van der Waals surface area contributed by atoms with Gasteiger partial charge in [-0.05, 0) is 37.6 Å². The molecule has 0 aliphatic heterocycles. The molecule has 0 bridgehead atoms. The quantitative estimate of drug-likeness (QED) is 0.663. The normalized spacial score (nSPS) is 12.1. The highest BCUT2D eigenvalue weighted by Gasteiger charge is 2.30. The summed E-state index contributed by atoms with van der Waals surface area (Å²) in [6, 6.07) is 5.51. The van der Waals surface area contributed by atoms with Gasteiger partial charge in [0.05, 0.1) is 11.1 Å². The average Bonchev–Trinajstić information content (AvgIpc) is 2.15. The van der Waals surface area contributed by atoms with Gasteiger partial charge in [0, 0.05) is 11.1 Å². The van der Waals surface area contributed by atoms with Crippen LogP contribution in [0.2, 0.25) is 0 Å². The van der Waals surface area contributed by atoms with Crippen molar-refractivity contribution in [3.63, 3.8) is 0 Å². The van der Waals surface area contributed by atoms with Crippen molar-refractivity contribution in [1.82, 2.24) is 4.98 Å². The van der Waals surface area contributed by atoms with Crippen molar-refractivity contribution < 1.29 is 13.2 Å². The molecule has 0 saturated carbocycles. The minimum Gasteiger partial charge on any atom is -0.253 e. The Labute approximate surface area is 90.9 Å². The van der Waals surface area contributed by atoms with Gasteiger partial charge in [0.2, 0.25) is 0 Å². The number of fused-ring (bicyclic) bond motifs is 1. The van der Waals surface area contributed by atoms with E-state index in [1.165, 1.54) is 6.07 Å². The van der Waals surface area contributed by atoms with E-state index in [1.807, 2.05) is 13.0 Å². The van der Waals surface area contributed by atoms with E-state index in [0.717, 1.165) is 28.8 Å². The van der Waals surface area contributed by atoms with Crippen LogP contribution >= 0.6 is 0 Å². The molecule has 0 saturated heterocycles. The summed E-state index contributed by atoms with van der Waals surface area (Å²) in [5, 5.41) is 0.763. The Morgan fingerprint density at radius 2 is 1.75 bits per heavy atom. The second-order valence-corrected chi connectivity index (χ2v) is 3.81. The van der Waals surface area contributed by atoms with Crippen LogP contribution in [0.1, 0.15) is 16.8 Å². The van der Waals surface area contributed by atoms with Crippen molar-refractivity contribution in [3.8, 4) is 0 Å². The molecule has 0 aliphatic rings. The van der Waals surface area contributed by atoms with Crippen molar-refractivity contribution >= 4 is 10.9 Å².